The van der Waals surface area contributed by atoms with Gasteiger partial charge in [0.25, 0.3) is 0 Å². The number of aromatic amines is 2. The molecule has 0 spiro atoms. The van der Waals surface area contributed by atoms with Crippen LogP contribution in [-0.2, 0) is 12.0 Å². The minimum Gasteiger partial charge on any atom is -0.381 e. The van der Waals surface area contributed by atoms with Crippen LogP contribution in [0, 0.1) is 0 Å². The molecule has 3 N–H and O–H groups in total. The molecule has 4 heteroatoms. The van der Waals surface area contributed by atoms with Gasteiger partial charge in [0.15, 0.2) is 0 Å². The number of nitrogens with one attached hydrogen (secondary N) is 3. The first-order valence-corrected chi connectivity index (χ1v) is 6.88. The molecule has 0 aliphatic heterocycles. The van der Waals surface area contributed by atoms with E-state index in [-0.39, 0.29) is 5.41 Å². The molecular formula is C16H20N4. The standard InChI is InChI=1S/C16H20N4/c1-16(2,3)15-19-13-5-4-12(8-14(13)20-15)18-10-11-6-7-17-9-11/h4-9,17-18H,10H2,1-3H3,(H,19,20). The number of rotatable bonds is 3. The summed E-state index contributed by atoms with van der Waals surface area (Å²) in [5, 5.41) is 3.42. The summed E-state index contributed by atoms with van der Waals surface area (Å²) < 4.78 is 0. The highest BCUT2D eigenvalue weighted by Crippen LogP contribution is 2.24. The average Bonchev–Trinajstić information content (AvgIpc) is 3.04. The van der Waals surface area contributed by atoms with E-state index in [0.717, 1.165) is 29.1 Å². The minimum atomic E-state index is 0.0394. The Morgan fingerprint density at radius 1 is 1.20 bits per heavy atom. The molecule has 1 aromatic carbocycles. The molecule has 2 aromatic heterocycles. The summed E-state index contributed by atoms with van der Waals surface area (Å²) in [4.78, 5) is 11.1. The Balaban J connectivity index is 1.83. The number of benzene rings is 1. The van der Waals surface area contributed by atoms with Crippen LogP contribution in [0.4, 0.5) is 5.69 Å². The van der Waals surface area contributed by atoms with Crippen molar-refractivity contribution in [3.05, 3.63) is 48.0 Å². The molecule has 0 bridgehead atoms. The molecule has 0 aliphatic rings. The van der Waals surface area contributed by atoms with Crippen molar-refractivity contribution in [3.63, 3.8) is 0 Å². The van der Waals surface area contributed by atoms with Gasteiger partial charge < -0.3 is 15.3 Å². The van der Waals surface area contributed by atoms with E-state index in [1.165, 1.54) is 5.56 Å². The van der Waals surface area contributed by atoms with Crippen LogP contribution in [0.2, 0.25) is 0 Å². The molecule has 0 unspecified atom stereocenters. The van der Waals surface area contributed by atoms with Gasteiger partial charge in [0.1, 0.15) is 5.82 Å². The molecular weight excluding hydrogens is 248 g/mol. The second kappa shape index (κ2) is 4.71. The van der Waals surface area contributed by atoms with E-state index in [1.807, 2.05) is 12.4 Å². The smallest absolute Gasteiger partial charge is 0.112 e. The van der Waals surface area contributed by atoms with Gasteiger partial charge >= 0.3 is 0 Å². The fourth-order valence-corrected chi connectivity index (χ4v) is 2.15. The lowest BCUT2D eigenvalue weighted by atomic mass is 9.96. The van der Waals surface area contributed by atoms with Gasteiger partial charge in [-0.3, -0.25) is 0 Å². The third-order valence-electron chi connectivity index (χ3n) is 3.35. The molecule has 0 saturated heterocycles. The third kappa shape index (κ3) is 2.54. The lowest BCUT2D eigenvalue weighted by Crippen LogP contribution is -2.12. The maximum atomic E-state index is 4.65. The molecule has 0 amide bonds. The highest BCUT2D eigenvalue weighted by atomic mass is 14.9. The minimum absolute atomic E-state index is 0.0394. The summed E-state index contributed by atoms with van der Waals surface area (Å²) in [7, 11) is 0. The van der Waals surface area contributed by atoms with Crippen LogP contribution in [0.3, 0.4) is 0 Å². The number of aromatic nitrogens is 3. The predicted molar refractivity (Wildman–Crippen MR) is 82.9 cm³/mol. The normalized spacial score (nSPS) is 11.9. The predicted octanol–water partition coefficient (Wildman–Crippen LogP) is 3.80. The maximum absolute atomic E-state index is 4.65. The molecule has 0 fully saturated rings. The summed E-state index contributed by atoms with van der Waals surface area (Å²) in [6, 6.07) is 8.31. The molecule has 2 heterocycles. The second-order valence-electron chi connectivity index (χ2n) is 6.14. The van der Waals surface area contributed by atoms with E-state index >= 15 is 0 Å². The first-order valence-electron chi connectivity index (χ1n) is 6.88. The Morgan fingerprint density at radius 3 is 2.75 bits per heavy atom. The fourth-order valence-electron chi connectivity index (χ4n) is 2.15. The zero-order valence-electron chi connectivity index (χ0n) is 12.1. The molecule has 4 nitrogen and oxygen atoms in total. The van der Waals surface area contributed by atoms with E-state index in [4.69, 9.17) is 0 Å². The second-order valence-corrected chi connectivity index (χ2v) is 6.14. The molecule has 0 atom stereocenters. The van der Waals surface area contributed by atoms with Crippen LogP contribution in [0.25, 0.3) is 11.0 Å². The number of hydrogen-bond donors (Lipinski definition) is 3. The molecule has 0 saturated carbocycles. The van der Waals surface area contributed by atoms with Crippen molar-refractivity contribution in [2.75, 3.05) is 5.32 Å². The van der Waals surface area contributed by atoms with Gasteiger partial charge in [-0.1, -0.05) is 20.8 Å². The average molecular weight is 268 g/mol. The number of anilines is 1. The van der Waals surface area contributed by atoms with Crippen molar-refractivity contribution in [1.29, 1.82) is 0 Å². The molecule has 0 aliphatic carbocycles. The Kier molecular flexibility index (Phi) is 3.01. The van der Waals surface area contributed by atoms with E-state index in [1.54, 1.807) is 0 Å². The Morgan fingerprint density at radius 2 is 2.05 bits per heavy atom. The van der Waals surface area contributed by atoms with Crippen LogP contribution < -0.4 is 5.32 Å². The molecule has 20 heavy (non-hydrogen) atoms. The lowest BCUT2D eigenvalue weighted by Gasteiger charge is -2.13. The number of fused-ring (bicyclic) bond motifs is 1. The Bertz CT molecular complexity index is 702. The highest BCUT2D eigenvalue weighted by molar-refractivity contribution is 5.79. The van der Waals surface area contributed by atoms with Crippen molar-refractivity contribution >= 4 is 16.7 Å². The van der Waals surface area contributed by atoms with Gasteiger partial charge in [-0.25, -0.2) is 4.98 Å². The largest absolute Gasteiger partial charge is 0.381 e. The van der Waals surface area contributed by atoms with Gasteiger partial charge in [-0.15, -0.1) is 0 Å². The summed E-state index contributed by atoms with van der Waals surface area (Å²) in [5.41, 5.74) is 4.47. The van der Waals surface area contributed by atoms with E-state index in [2.05, 4.69) is 65.3 Å². The molecule has 0 radical (unpaired) electrons. The summed E-state index contributed by atoms with van der Waals surface area (Å²) in [6.07, 6.45) is 3.93. The number of imidazole rings is 1. The summed E-state index contributed by atoms with van der Waals surface area (Å²) in [5.74, 6) is 1.02. The quantitative estimate of drug-likeness (QED) is 0.676. The first kappa shape index (κ1) is 12.8. The SMILES string of the molecule is CC(C)(C)c1nc2ccc(NCc3cc[nH]c3)cc2[nH]1. The zero-order chi connectivity index (χ0) is 14.2. The number of nitrogens with zero attached hydrogens (tertiary/aromatic N) is 1. The Hall–Kier alpha value is -2.23. The highest BCUT2D eigenvalue weighted by Gasteiger charge is 2.18. The maximum Gasteiger partial charge on any atom is 0.112 e. The molecule has 104 valence electrons. The number of hydrogen-bond acceptors (Lipinski definition) is 2. The van der Waals surface area contributed by atoms with E-state index in [9.17, 15) is 0 Å². The first-order chi connectivity index (χ1) is 9.52. The fraction of sp³-hybridized carbons (Fsp3) is 0.312. The van der Waals surface area contributed by atoms with Crippen LogP contribution in [-0.4, -0.2) is 15.0 Å². The van der Waals surface area contributed by atoms with E-state index < -0.39 is 0 Å². The zero-order valence-corrected chi connectivity index (χ0v) is 12.1. The summed E-state index contributed by atoms with van der Waals surface area (Å²) in [6.45, 7) is 7.30. The van der Waals surface area contributed by atoms with Crippen molar-refractivity contribution in [1.82, 2.24) is 15.0 Å². The van der Waals surface area contributed by atoms with Crippen LogP contribution in [0.5, 0.6) is 0 Å². The van der Waals surface area contributed by atoms with Gasteiger partial charge in [-0.05, 0) is 29.8 Å². The summed E-state index contributed by atoms with van der Waals surface area (Å²) >= 11 is 0. The van der Waals surface area contributed by atoms with Crippen LogP contribution in [0.1, 0.15) is 32.2 Å². The molecule has 3 rings (SSSR count). The van der Waals surface area contributed by atoms with Crippen molar-refractivity contribution < 1.29 is 0 Å². The van der Waals surface area contributed by atoms with Crippen molar-refractivity contribution in [2.24, 2.45) is 0 Å². The van der Waals surface area contributed by atoms with Gasteiger partial charge in [0, 0.05) is 30.0 Å². The Labute approximate surface area is 118 Å². The van der Waals surface area contributed by atoms with Crippen molar-refractivity contribution in [3.8, 4) is 0 Å². The monoisotopic (exact) mass is 268 g/mol. The lowest BCUT2D eigenvalue weighted by molar-refractivity contribution is 0.554. The van der Waals surface area contributed by atoms with Gasteiger partial charge in [0.2, 0.25) is 0 Å². The van der Waals surface area contributed by atoms with Crippen LogP contribution >= 0.6 is 0 Å². The molecule has 3 aromatic rings. The van der Waals surface area contributed by atoms with Gasteiger partial charge in [-0.2, -0.15) is 0 Å². The van der Waals surface area contributed by atoms with E-state index in [0.29, 0.717) is 0 Å². The third-order valence-corrected chi connectivity index (χ3v) is 3.35. The topological polar surface area (TPSA) is 56.5 Å². The van der Waals surface area contributed by atoms with Gasteiger partial charge in [0.05, 0.1) is 11.0 Å². The van der Waals surface area contributed by atoms with Crippen LogP contribution in [0.15, 0.2) is 36.7 Å². The number of H-pyrrole nitrogens is 2. The van der Waals surface area contributed by atoms with Crippen molar-refractivity contribution in [2.45, 2.75) is 32.7 Å².